The van der Waals surface area contributed by atoms with Crippen LogP contribution in [0.25, 0.3) is 5.69 Å². The van der Waals surface area contributed by atoms with Gasteiger partial charge in [0.05, 0.1) is 17.9 Å². The molecule has 2 amide bonds. The van der Waals surface area contributed by atoms with Gasteiger partial charge in [-0.3, -0.25) is 9.59 Å². The van der Waals surface area contributed by atoms with Crippen LogP contribution in [-0.2, 0) is 15.0 Å². The number of carbonyl (C=O) groups excluding carboxylic acids is 2. The maximum absolute atomic E-state index is 13.0. The van der Waals surface area contributed by atoms with Gasteiger partial charge in [-0.1, -0.05) is 84.9 Å². The number of anilines is 1. The van der Waals surface area contributed by atoms with Crippen molar-refractivity contribution in [2.75, 3.05) is 18.4 Å². The van der Waals surface area contributed by atoms with Gasteiger partial charge in [0, 0.05) is 24.4 Å². The summed E-state index contributed by atoms with van der Waals surface area (Å²) in [5.41, 5.74) is 1.63. The summed E-state index contributed by atoms with van der Waals surface area (Å²) in [7, 11) is 0. The molecule has 0 aliphatic carbocycles. The van der Waals surface area contributed by atoms with E-state index in [1.54, 1.807) is 9.58 Å². The molecule has 0 aliphatic rings. The number of nitrogens with one attached hydrogen (secondary N) is 1. The number of unbranched alkanes of at least 4 members (excludes halogenated alkanes) is 5. The average molecular weight is 455 g/mol. The second-order valence-electron chi connectivity index (χ2n) is 9.79. The van der Waals surface area contributed by atoms with Crippen molar-refractivity contribution in [3.05, 3.63) is 42.1 Å². The second kappa shape index (κ2) is 13.2. The molecule has 0 unspecified atom stereocenters. The van der Waals surface area contributed by atoms with Crippen LogP contribution in [0.4, 0.5) is 5.82 Å². The van der Waals surface area contributed by atoms with Crippen molar-refractivity contribution in [2.45, 2.75) is 91.4 Å². The van der Waals surface area contributed by atoms with E-state index < -0.39 is 0 Å². The highest BCUT2D eigenvalue weighted by Crippen LogP contribution is 2.26. The predicted octanol–water partition coefficient (Wildman–Crippen LogP) is 6.10. The molecule has 6 heteroatoms. The Morgan fingerprint density at radius 1 is 0.970 bits per heavy atom. The van der Waals surface area contributed by atoms with E-state index in [4.69, 9.17) is 5.10 Å². The smallest absolute Gasteiger partial charge is 0.245 e. The van der Waals surface area contributed by atoms with E-state index in [1.165, 1.54) is 19.3 Å². The van der Waals surface area contributed by atoms with E-state index in [9.17, 15) is 9.59 Å². The van der Waals surface area contributed by atoms with Crippen LogP contribution >= 0.6 is 0 Å². The highest BCUT2D eigenvalue weighted by atomic mass is 16.2. The van der Waals surface area contributed by atoms with Gasteiger partial charge in [0.25, 0.3) is 0 Å². The van der Waals surface area contributed by atoms with Crippen molar-refractivity contribution < 1.29 is 9.59 Å². The number of hydrogen-bond donors (Lipinski definition) is 1. The molecule has 1 N–H and O–H groups in total. The molecule has 1 aromatic heterocycles. The van der Waals surface area contributed by atoms with E-state index in [1.807, 2.05) is 36.4 Å². The van der Waals surface area contributed by atoms with Crippen LogP contribution < -0.4 is 5.32 Å². The van der Waals surface area contributed by atoms with Gasteiger partial charge in [-0.25, -0.2) is 4.68 Å². The second-order valence-corrected chi connectivity index (χ2v) is 9.79. The maximum atomic E-state index is 13.0. The Kier molecular flexibility index (Phi) is 10.6. The van der Waals surface area contributed by atoms with E-state index in [0.717, 1.165) is 37.1 Å². The first-order valence-corrected chi connectivity index (χ1v) is 12.5. The summed E-state index contributed by atoms with van der Waals surface area (Å²) in [5, 5.41) is 7.77. The number of rotatable bonds is 13. The molecule has 0 saturated carbocycles. The Morgan fingerprint density at radius 3 is 2.27 bits per heavy atom. The lowest BCUT2D eigenvalue weighted by atomic mass is 9.92. The third kappa shape index (κ3) is 8.67. The number of carbonyl (C=O) groups is 2. The van der Waals surface area contributed by atoms with Crippen LogP contribution in [-0.4, -0.2) is 39.6 Å². The van der Waals surface area contributed by atoms with Gasteiger partial charge < -0.3 is 10.2 Å². The molecule has 0 saturated heterocycles. The third-order valence-electron chi connectivity index (χ3n) is 5.71. The monoisotopic (exact) mass is 454 g/mol. The Morgan fingerprint density at radius 2 is 1.64 bits per heavy atom. The first-order valence-electron chi connectivity index (χ1n) is 12.5. The molecule has 0 aliphatic heterocycles. The molecule has 2 rings (SSSR count). The molecule has 0 radical (unpaired) electrons. The quantitative estimate of drug-likeness (QED) is 0.372. The normalized spacial score (nSPS) is 11.4. The summed E-state index contributed by atoms with van der Waals surface area (Å²) in [6.45, 7) is 11.3. The fourth-order valence-corrected chi connectivity index (χ4v) is 3.64. The largest absolute Gasteiger partial charge is 0.333 e. The molecule has 33 heavy (non-hydrogen) atoms. The summed E-state index contributed by atoms with van der Waals surface area (Å²) >= 11 is 0. The number of hydrogen-bond acceptors (Lipinski definition) is 3. The van der Waals surface area contributed by atoms with Crippen LogP contribution in [0.1, 0.15) is 91.7 Å². The summed E-state index contributed by atoms with van der Waals surface area (Å²) in [5.74, 6) is 0.503. The minimum absolute atomic E-state index is 0.0681. The Balaban J connectivity index is 2.11. The van der Waals surface area contributed by atoms with Crippen molar-refractivity contribution in [1.29, 1.82) is 0 Å². The van der Waals surface area contributed by atoms with Gasteiger partial charge in [-0.05, 0) is 25.0 Å². The zero-order valence-corrected chi connectivity index (χ0v) is 21.2. The first kappa shape index (κ1) is 26.6. The maximum Gasteiger partial charge on any atom is 0.245 e. The van der Waals surface area contributed by atoms with E-state index in [0.29, 0.717) is 18.8 Å². The lowest BCUT2D eigenvalue weighted by Crippen LogP contribution is -2.38. The molecule has 0 atom stereocenters. The lowest BCUT2D eigenvalue weighted by Gasteiger charge is -2.22. The van der Waals surface area contributed by atoms with Crippen LogP contribution in [0.5, 0.6) is 0 Å². The molecule has 2 aromatic rings. The molecule has 1 aromatic carbocycles. The van der Waals surface area contributed by atoms with Crippen LogP contribution in [0, 0.1) is 0 Å². The Bertz CT molecular complexity index is 868. The number of nitrogens with zero attached hydrogens (tertiary/aromatic N) is 3. The van der Waals surface area contributed by atoms with Crippen molar-refractivity contribution in [3.63, 3.8) is 0 Å². The Hall–Kier alpha value is -2.63. The fraction of sp³-hybridized carbons (Fsp3) is 0.593. The van der Waals surface area contributed by atoms with E-state index in [-0.39, 0.29) is 23.8 Å². The van der Waals surface area contributed by atoms with Crippen molar-refractivity contribution >= 4 is 17.6 Å². The molecule has 182 valence electrons. The number of benzene rings is 1. The van der Waals surface area contributed by atoms with E-state index >= 15 is 0 Å². The highest BCUT2D eigenvalue weighted by molar-refractivity contribution is 5.94. The van der Waals surface area contributed by atoms with Crippen molar-refractivity contribution in [2.24, 2.45) is 0 Å². The van der Waals surface area contributed by atoms with Gasteiger partial charge in [0.1, 0.15) is 5.82 Å². The molecule has 0 bridgehead atoms. The Labute approximate surface area is 199 Å². The summed E-state index contributed by atoms with van der Waals surface area (Å²) in [4.78, 5) is 27.5. The van der Waals surface area contributed by atoms with Crippen LogP contribution in [0.2, 0.25) is 0 Å². The minimum atomic E-state index is -0.192. The SMILES string of the molecule is CCCCCCCC(=O)N(CCCC)CC(=O)Nc1cc(C(C)(C)C)nn1-c1ccccc1. The molecule has 0 fully saturated rings. The fourth-order valence-electron chi connectivity index (χ4n) is 3.64. The zero-order chi connectivity index (χ0) is 24.3. The standard InChI is InChI=1S/C27H42N4O2/c1-6-8-10-11-15-18-26(33)30(19-9-7-2)21-25(32)28-24-20-23(27(3,4)5)29-31(24)22-16-13-12-14-17-22/h12-14,16-17,20H,6-11,15,18-19,21H2,1-5H3,(H,28,32). The lowest BCUT2D eigenvalue weighted by molar-refractivity contribution is -0.134. The van der Waals surface area contributed by atoms with Crippen molar-refractivity contribution in [3.8, 4) is 5.69 Å². The van der Waals surface area contributed by atoms with Crippen molar-refractivity contribution in [1.82, 2.24) is 14.7 Å². The summed E-state index contributed by atoms with van der Waals surface area (Å²) < 4.78 is 1.77. The number of amides is 2. The molecule has 0 spiro atoms. The van der Waals surface area contributed by atoms with Gasteiger partial charge in [0.2, 0.25) is 11.8 Å². The van der Waals surface area contributed by atoms with Gasteiger partial charge in [-0.2, -0.15) is 5.10 Å². The van der Waals surface area contributed by atoms with E-state index in [2.05, 4.69) is 39.9 Å². The molecule has 1 heterocycles. The molecular weight excluding hydrogens is 412 g/mol. The summed E-state index contributed by atoms with van der Waals surface area (Å²) in [6.07, 6.45) is 7.91. The van der Waals surface area contributed by atoms with Crippen LogP contribution in [0.15, 0.2) is 36.4 Å². The van der Waals surface area contributed by atoms with Gasteiger partial charge >= 0.3 is 0 Å². The van der Waals surface area contributed by atoms with Gasteiger partial charge in [0.15, 0.2) is 0 Å². The third-order valence-corrected chi connectivity index (χ3v) is 5.71. The predicted molar refractivity (Wildman–Crippen MR) is 136 cm³/mol. The minimum Gasteiger partial charge on any atom is -0.333 e. The average Bonchev–Trinajstić information content (AvgIpc) is 3.21. The summed E-state index contributed by atoms with van der Waals surface area (Å²) in [6, 6.07) is 11.7. The number of aromatic nitrogens is 2. The number of para-hydroxylation sites is 1. The topological polar surface area (TPSA) is 67.2 Å². The van der Waals surface area contributed by atoms with Crippen LogP contribution in [0.3, 0.4) is 0 Å². The first-order chi connectivity index (χ1) is 15.8. The molecule has 6 nitrogen and oxygen atoms in total. The molecular formula is C27H42N4O2. The van der Waals surface area contributed by atoms with Gasteiger partial charge in [-0.15, -0.1) is 0 Å². The zero-order valence-electron chi connectivity index (χ0n) is 21.2. The highest BCUT2D eigenvalue weighted by Gasteiger charge is 2.23.